The summed E-state index contributed by atoms with van der Waals surface area (Å²) in [7, 11) is 0. The molecule has 0 aliphatic heterocycles. The van der Waals surface area contributed by atoms with Gasteiger partial charge in [0.1, 0.15) is 0 Å². The Labute approximate surface area is 110 Å². The second-order valence-corrected chi connectivity index (χ2v) is 5.11. The second kappa shape index (κ2) is 5.95. The van der Waals surface area contributed by atoms with Crippen molar-refractivity contribution in [3.8, 4) is 11.3 Å². The van der Waals surface area contributed by atoms with Gasteiger partial charge in [0.05, 0.1) is 23.4 Å². The highest BCUT2D eigenvalue weighted by atomic mass is 32.1. The van der Waals surface area contributed by atoms with E-state index in [1.165, 1.54) is 0 Å². The smallest absolute Gasteiger partial charge is 0.0942 e. The van der Waals surface area contributed by atoms with E-state index in [1.54, 1.807) is 11.3 Å². The SMILES string of the molecule is Cc1nc(-c2cccc(NCC(O)CO)c2)cs1. The average molecular weight is 264 g/mol. The van der Waals surface area contributed by atoms with Crippen LogP contribution in [0, 0.1) is 6.92 Å². The number of thiazole rings is 1. The number of benzene rings is 1. The van der Waals surface area contributed by atoms with Crippen LogP contribution in [0.1, 0.15) is 5.01 Å². The van der Waals surface area contributed by atoms with Crippen molar-refractivity contribution in [1.29, 1.82) is 0 Å². The third kappa shape index (κ3) is 3.29. The zero-order chi connectivity index (χ0) is 13.0. The van der Waals surface area contributed by atoms with Gasteiger partial charge in [0, 0.05) is 23.2 Å². The molecule has 1 aromatic carbocycles. The van der Waals surface area contributed by atoms with E-state index in [2.05, 4.69) is 10.3 Å². The number of anilines is 1. The van der Waals surface area contributed by atoms with Gasteiger partial charge in [0.15, 0.2) is 0 Å². The number of hydrogen-bond donors (Lipinski definition) is 3. The molecule has 0 radical (unpaired) electrons. The monoisotopic (exact) mass is 264 g/mol. The summed E-state index contributed by atoms with van der Waals surface area (Å²) in [6.07, 6.45) is -0.741. The Morgan fingerprint density at radius 1 is 1.44 bits per heavy atom. The molecular formula is C13H16N2O2S. The molecule has 18 heavy (non-hydrogen) atoms. The molecule has 4 nitrogen and oxygen atoms in total. The van der Waals surface area contributed by atoms with Gasteiger partial charge in [-0.1, -0.05) is 12.1 Å². The van der Waals surface area contributed by atoms with Crippen molar-refractivity contribution >= 4 is 17.0 Å². The van der Waals surface area contributed by atoms with Crippen molar-refractivity contribution in [2.24, 2.45) is 0 Å². The van der Waals surface area contributed by atoms with Crippen LogP contribution in [0.3, 0.4) is 0 Å². The minimum Gasteiger partial charge on any atom is -0.394 e. The van der Waals surface area contributed by atoms with Crippen molar-refractivity contribution in [3.05, 3.63) is 34.7 Å². The Bertz CT molecular complexity index is 513. The van der Waals surface area contributed by atoms with Gasteiger partial charge < -0.3 is 15.5 Å². The van der Waals surface area contributed by atoms with Gasteiger partial charge in [-0.3, -0.25) is 0 Å². The van der Waals surface area contributed by atoms with Gasteiger partial charge in [-0.05, 0) is 19.1 Å². The Morgan fingerprint density at radius 2 is 2.28 bits per heavy atom. The summed E-state index contributed by atoms with van der Waals surface area (Å²) in [5.74, 6) is 0. The fraction of sp³-hybridized carbons (Fsp3) is 0.308. The maximum absolute atomic E-state index is 9.29. The predicted octanol–water partition coefficient (Wildman–Crippen LogP) is 1.88. The molecule has 1 unspecified atom stereocenters. The van der Waals surface area contributed by atoms with E-state index in [1.807, 2.05) is 36.6 Å². The van der Waals surface area contributed by atoms with Crippen molar-refractivity contribution in [1.82, 2.24) is 4.98 Å². The van der Waals surface area contributed by atoms with Gasteiger partial charge in [-0.25, -0.2) is 4.98 Å². The van der Waals surface area contributed by atoms with Gasteiger partial charge in [-0.15, -0.1) is 11.3 Å². The number of nitrogens with one attached hydrogen (secondary N) is 1. The van der Waals surface area contributed by atoms with E-state index in [0.29, 0.717) is 6.54 Å². The summed E-state index contributed by atoms with van der Waals surface area (Å²) in [4.78, 5) is 4.43. The highest BCUT2D eigenvalue weighted by Gasteiger charge is 2.04. The zero-order valence-electron chi connectivity index (χ0n) is 10.1. The molecule has 1 heterocycles. The molecule has 1 atom stereocenters. The first kappa shape index (κ1) is 13.0. The summed E-state index contributed by atoms with van der Waals surface area (Å²) < 4.78 is 0. The molecule has 5 heteroatoms. The normalized spacial score (nSPS) is 12.4. The van der Waals surface area contributed by atoms with Gasteiger partial charge >= 0.3 is 0 Å². The summed E-state index contributed by atoms with van der Waals surface area (Å²) in [5, 5.41) is 24.2. The van der Waals surface area contributed by atoms with Crippen LogP contribution in [0.5, 0.6) is 0 Å². The van der Waals surface area contributed by atoms with Crippen molar-refractivity contribution in [2.75, 3.05) is 18.5 Å². The molecule has 3 N–H and O–H groups in total. The standard InChI is InChI=1S/C13H16N2O2S/c1-9-15-13(8-18-9)10-3-2-4-11(5-10)14-6-12(17)7-16/h2-5,8,12,14,16-17H,6-7H2,1H3. The molecule has 0 bridgehead atoms. The van der Waals surface area contributed by atoms with Gasteiger partial charge in [0.2, 0.25) is 0 Å². The third-order valence-electron chi connectivity index (χ3n) is 2.53. The van der Waals surface area contributed by atoms with Crippen LogP contribution >= 0.6 is 11.3 Å². The Balaban J connectivity index is 2.10. The quantitative estimate of drug-likeness (QED) is 0.771. The highest BCUT2D eigenvalue weighted by Crippen LogP contribution is 2.24. The van der Waals surface area contributed by atoms with E-state index in [4.69, 9.17) is 5.11 Å². The maximum Gasteiger partial charge on any atom is 0.0942 e. The largest absolute Gasteiger partial charge is 0.394 e. The van der Waals surface area contributed by atoms with E-state index < -0.39 is 6.10 Å². The van der Waals surface area contributed by atoms with E-state index in [0.717, 1.165) is 22.0 Å². The second-order valence-electron chi connectivity index (χ2n) is 4.05. The Hall–Kier alpha value is -1.43. The van der Waals surface area contributed by atoms with Crippen LogP contribution in [0.4, 0.5) is 5.69 Å². The molecule has 2 aromatic rings. The van der Waals surface area contributed by atoms with E-state index in [-0.39, 0.29) is 6.61 Å². The molecule has 2 rings (SSSR count). The molecule has 0 saturated heterocycles. The molecular weight excluding hydrogens is 248 g/mol. The Morgan fingerprint density at radius 3 is 2.94 bits per heavy atom. The van der Waals surface area contributed by atoms with Crippen LogP contribution in [0.15, 0.2) is 29.6 Å². The molecule has 0 fully saturated rings. The summed E-state index contributed by atoms with van der Waals surface area (Å²) in [6.45, 7) is 2.07. The molecule has 0 amide bonds. The number of hydrogen-bond acceptors (Lipinski definition) is 5. The number of aromatic nitrogens is 1. The number of nitrogens with zero attached hydrogens (tertiary/aromatic N) is 1. The first-order chi connectivity index (χ1) is 8.69. The number of aryl methyl sites for hydroxylation is 1. The highest BCUT2D eigenvalue weighted by molar-refractivity contribution is 7.09. The molecule has 0 saturated carbocycles. The molecule has 1 aromatic heterocycles. The van der Waals surface area contributed by atoms with Crippen LogP contribution in [0.2, 0.25) is 0 Å². The average Bonchev–Trinajstić information content (AvgIpc) is 2.83. The summed E-state index contributed by atoms with van der Waals surface area (Å²) in [6, 6.07) is 7.85. The summed E-state index contributed by atoms with van der Waals surface area (Å²) in [5.41, 5.74) is 2.91. The van der Waals surface area contributed by atoms with Crippen molar-refractivity contribution < 1.29 is 10.2 Å². The van der Waals surface area contributed by atoms with Crippen LogP contribution in [-0.4, -0.2) is 34.5 Å². The van der Waals surface area contributed by atoms with Crippen molar-refractivity contribution in [3.63, 3.8) is 0 Å². The predicted molar refractivity (Wildman–Crippen MR) is 73.9 cm³/mol. The molecule has 96 valence electrons. The van der Waals surface area contributed by atoms with Gasteiger partial charge in [-0.2, -0.15) is 0 Å². The lowest BCUT2D eigenvalue weighted by molar-refractivity contribution is 0.105. The van der Waals surface area contributed by atoms with Crippen LogP contribution in [-0.2, 0) is 0 Å². The number of aliphatic hydroxyl groups excluding tert-OH is 2. The lowest BCUT2D eigenvalue weighted by Gasteiger charge is -2.10. The lowest BCUT2D eigenvalue weighted by atomic mass is 10.1. The van der Waals surface area contributed by atoms with E-state index >= 15 is 0 Å². The van der Waals surface area contributed by atoms with Crippen molar-refractivity contribution in [2.45, 2.75) is 13.0 Å². The first-order valence-corrected chi connectivity index (χ1v) is 6.62. The fourth-order valence-electron chi connectivity index (χ4n) is 1.58. The molecule has 0 aliphatic rings. The molecule has 0 aliphatic carbocycles. The third-order valence-corrected chi connectivity index (χ3v) is 3.30. The summed E-state index contributed by atoms with van der Waals surface area (Å²) >= 11 is 1.62. The Kier molecular flexibility index (Phi) is 4.30. The molecule has 0 spiro atoms. The topological polar surface area (TPSA) is 65.4 Å². The lowest BCUT2D eigenvalue weighted by Crippen LogP contribution is -2.22. The minimum atomic E-state index is -0.741. The first-order valence-electron chi connectivity index (χ1n) is 5.74. The number of rotatable bonds is 5. The van der Waals surface area contributed by atoms with Crippen LogP contribution in [0.25, 0.3) is 11.3 Å². The van der Waals surface area contributed by atoms with Crippen LogP contribution < -0.4 is 5.32 Å². The van der Waals surface area contributed by atoms with E-state index in [9.17, 15) is 5.11 Å². The van der Waals surface area contributed by atoms with Gasteiger partial charge in [0.25, 0.3) is 0 Å². The number of aliphatic hydroxyl groups is 2. The minimum absolute atomic E-state index is 0.238. The maximum atomic E-state index is 9.29. The zero-order valence-corrected chi connectivity index (χ0v) is 10.9. The fourth-order valence-corrected chi connectivity index (χ4v) is 2.21.